The van der Waals surface area contributed by atoms with Crippen LogP contribution in [0.1, 0.15) is 24.8 Å². The Kier molecular flexibility index (Phi) is 4.87. The Morgan fingerprint density at radius 3 is 2.96 bits per heavy atom. The Hall–Kier alpha value is -2.64. The van der Waals surface area contributed by atoms with Gasteiger partial charge in [0, 0.05) is 56.7 Å². The number of hydrogen-bond donors (Lipinski definition) is 2. The van der Waals surface area contributed by atoms with Crippen molar-refractivity contribution >= 4 is 17.6 Å². The number of nitro benzene ring substituents is 1. The summed E-state index contributed by atoms with van der Waals surface area (Å²) in [6.07, 6.45) is 2.59. The maximum absolute atomic E-state index is 11.6. The normalized spacial score (nSPS) is 23.6. The zero-order valence-electron chi connectivity index (χ0n) is 14.3. The van der Waals surface area contributed by atoms with Gasteiger partial charge in [0.25, 0.3) is 5.69 Å². The SMILES string of the molecule is CN=C(NCc1ccccc1[N+](=O)[O-])N1CCCC2(CNC(=O)C2)C1. The van der Waals surface area contributed by atoms with Crippen LogP contribution in [0.3, 0.4) is 0 Å². The minimum absolute atomic E-state index is 0.0221. The highest BCUT2D eigenvalue weighted by atomic mass is 16.6. The fourth-order valence-corrected chi connectivity index (χ4v) is 3.77. The van der Waals surface area contributed by atoms with E-state index in [-0.39, 0.29) is 21.9 Å². The number of nitro groups is 1. The zero-order valence-corrected chi connectivity index (χ0v) is 14.3. The van der Waals surface area contributed by atoms with Crippen molar-refractivity contribution < 1.29 is 9.72 Å². The lowest BCUT2D eigenvalue weighted by Crippen LogP contribution is -2.51. The van der Waals surface area contributed by atoms with E-state index in [1.54, 1.807) is 25.2 Å². The molecular formula is C17H23N5O3. The second-order valence-electron chi connectivity index (χ2n) is 6.77. The molecule has 0 saturated carbocycles. The summed E-state index contributed by atoms with van der Waals surface area (Å²) in [5.74, 6) is 0.835. The Labute approximate surface area is 146 Å². The lowest BCUT2D eigenvalue weighted by atomic mass is 9.79. The number of piperidine rings is 1. The van der Waals surface area contributed by atoms with Gasteiger partial charge in [-0.25, -0.2) is 0 Å². The number of rotatable bonds is 3. The predicted molar refractivity (Wildman–Crippen MR) is 94.2 cm³/mol. The number of hydrogen-bond acceptors (Lipinski definition) is 4. The van der Waals surface area contributed by atoms with Crippen LogP contribution in [0.15, 0.2) is 29.3 Å². The van der Waals surface area contributed by atoms with E-state index in [9.17, 15) is 14.9 Å². The van der Waals surface area contributed by atoms with Crippen molar-refractivity contribution in [2.45, 2.75) is 25.8 Å². The molecule has 2 aliphatic rings. The van der Waals surface area contributed by atoms with Gasteiger partial charge in [-0.15, -0.1) is 0 Å². The number of amides is 1. The van der Waals surface area contributed by atoms with E-state index in [1.165, 1.54) is 6.07 Å². The van der Waals surface area contributed by atoms with Crippen molar-refractivity contribution in [1.82, 2.24) is 15.5 Å². The number of benzene rings is 1. The van der Waals surface area contributed by atoms with Gasteiger partial charge in [0.1, 0.15) is 0 Å². The highest BCUT2D eigenvalue weighted by molar-refractivity contribution is 5.81. The highest BCUT2D eigenvalue weighted by Gasteiger charge is 2.42. The standard InChI is InChI=1S/C17H23N5O3/c1-18-16(19-10-13-5-2-3-6-14(13)22(24)25)21-8-4-7-17(12-21)9-15(23)20-11-17/h2-3,5-6H,4,7-12H2,1H3,(H,18,19)(H,20,23). The fourth-order valence-electron chi connectivity index (χ4n) is 3.77. The fraction of sp³-hybridized carbons (Fsp3) is 0.529. The molecule has 0 aliphatic carbocycles. The van der Waals surface area contributed by atoms with E-state index < -0.39 is 0 Å². The summed E-state index contributed by atoms with van der Waals surface area (Å²) in [5.41, 5.74) is 0.704. The van der Waals surface area contributed by atoms with Crippen LogP contribution in [-0.4, -0.2) is 48.4 Å². The van der Waals surface area contributed by atoms with Crippen molar-refractivity contribution in [1.29, 1.82) is 0 Å². The number of guanidine groups is 1. The number of nitrogens with one attached hydrogen (secondary N) is 2. The van der Waals surface area contributed by atoms with Crippen LogP contribution in [0.25, 0.3) is 0 Å². The Bertz CT molecular complexity index is 705. The van der Waals surface area contributed by atoms with Crippen LogP contribution >= 0.6 is 0 Å². The summed E-state index contributed by atoms with van der Waals surface area (Å²) >= 11 is 0. The largest absolute Gasteiger partial charge is 0.355 e. The molecule has 0 bridgehead atoms. The monoisotopic (exact) mass is 345 g/mol. The molecule has 2 aliphatic heterocycles. The topological polar surface area (TPSA) is 99.9 Å². The minimum atomic E-state index is -0.370. The third-order valence-corrected chi connectivity index (χ3v) is 4.99. The van der Waals surface area contributed by atoms with Gasteiger partial charge in [0.15, 0.2) is 5.96 Å². The minimum Gasteiger partial charge on any atom is -0.355 e. The average molecular weight is 345 g/mol. The number of likely N-dealkylation sites (tertiary alicyclic amines) is 1. The molecule has 1 spiro atoms. The summed E-state index contributed by atoms with van der Waals surface area (Å²) in [4.78, 5) is 28.9. The third-order valence-electron chi connectivity index (χ3n) is 4.99. The van der Waals surface area contributed by atoms with Gasteiger partial charge in [-0.05, 0) is 12.8 Å². The van der Waals surface area contributed by atoms with Gasteiger partial charge in [-0.3, -0.25) is 19.9 Å². The van der Waals surface area contributed by atoms with Gasteiger partial charge >= 0.3 is 0 Å². The first-order valence-electron chi connectivity index (χ1n) is 8.48. The van der Waals surface area contributed by atoms with Gasteiger partial charge < -0.3 is 15.5 Å². The number of para-hydroxylation sites is 1. The molecule has 2 heterocycles. The van der Waals surface area contributed by atoms with Crippen molar-refractivity contribution in [2.75, 3.05) is 26.7 Å². The smallest absolute Gasteiger partial charge is 0.274 e. The molecule has 0 radical (unpaired) electrons. The lowest BCUT2D eigenvalue weighted by Gasteiger charge is -2.40. The quantitative estimate of drug-likeness (QED) is 0.372. The van der Waals surface area contributed by atoms with Gasteiger partial charge in [0.05, 0.1) is 4.92 Å². The second-order valence-corrected chi connectivity index (χ2v) is 6.77. The van der Waals surface area contributed by atoms with Crippen LogP contribution in [-0.2, 0) is 11.3 Å². The van der Waals surface area contributed by atoms with Crippen molar-refractivity contribution in [3.05, 3.63) is 39.9 Å². The molecule has 1 atom stereocenters. The van der Waals surface area contributed by atoms with Crippen LogP contribution < -0.4 is 10.6 Å². The summed E-state index contributed by atoms with van der Waals surface area (Å²) in [5, 5.41) is 17.3. The Morgan fingerprint density at radius 2 is 2.28 bits per heavy atom. The Morgan fingerprint density at radius 1 is 1.48 bits per heavy atom. The molecule has 8 nitrogen and oxygen atoms in total. The summed E-state index contributed by atoms with van der Waals surface area (Å²) < 4.78 is 0. The lowest BCUT2D eigenvalue weighted by molar-refractivity contribution is -0.385. The molecule has 2 saturated heterocycles. The van der Waals surface area contributed by atoms with E-state index in [1.807, 2.05) is 0 Å². The Balaban J connectivity index is 1.67. The second kappa shape index (κ2) is 7.08. The van der Waals surface area contributed by atoms with E-state index in [2.05, 4.69) is 20.5 Å². The average Bonchev–Trinajstić information content (AvgIpc) is 2.95. The van der Waals surface area contributed by atoms with Crippen molar-refractivity contribution in [3.63, 3.8) is 0 Å². The number of nitrogens with zero attached hydrogens (tertiary/aromatic N) is 3. The van der Waals surface area contributed by atoms with Crippen molar-refractivity contribution in [2.24, 2.45) is 10.4 Å². The highest BCUT2D eigenvalue weighted by Crippen LogP contribution is 2.36. The molecular weight excluding hydrogens is 322 g/mol. The van der Waals surface area contributed by atoms with E-state index in [0.717, 1.165) is 31.9 Å². The molecule has 1 unspecified atom stereocenters. The van der Waals surface area contributed by atoms with Crippen LogP contribution in [0.4, 0.5) is 5.69 Å². The summed E-state index contributed by atoms with van der Waals surface area (Å²) in [6.45, 7) is 2.68. The van der Waals surface area contributed by atoms with Crippen LogP contribution in [0, 0.1) is 15.5 Å². The third kappa shape index (κ3) is 3.72. The molecule has 2 fully saturated rings. The predicted octanol–water partition coefficient (Wildman–Crippen LogP) is 1.27. The van der Waals surface area contributed by atoms with Crippen LogP contribution in [0.2, 0.25) is 0 Å². The maximum Gasteiger partial charge on any atom is 0.274 e. The molecule has 134 valence electrons. The number of carbonyl (C=O) groups is 1. The maximum atomic E-state index is 11.6. The molecule has 8 heteroatoms. The van der Waals surface area contributed by atoms with Crippen LogP contribution in [0.5, 0.6) is 0 Å². The van der Waals surface area contributed by atoms with E-state index in [4.69, 9.17) is 0 Å². The number of carbonyl (C=O) groups excluding carboxylic acids is 1. The first-order chi connectivity index (χ1) is 12.0. The molecule has 1 amide bonds. The molecule has 1 aromatic rings. The number of aliphatic imine (C=N–C) groups is 1. The van der Waals surface area contributed by atoms with Gasteiger partial charge in [0.2, 0.25) is 5.91 Å². The molecule has 25 heavy (non-hydrogen) atoms. The molecule has 2 N–H and O–H groups in total. The van der Waals surface area contributed by atoms with E-state index >= 15 is 0 Å². The molecule has 1 aromatic carbocycles. The summed E-state index contributed by atoms with van der Waals surface area (Å²) in [7, 11) is 1.71. The summed E-state index contributed by atoms with van der Waals surface area (Å²) in [6, 6.07) is 6.70. The van der Waals surface area contributed by atoms with Crippen molar-refractivity contribution in [3.8, 4) is 0 Å². The van der Waals surface area contributed by atoms with Gasteiger partial charge in [-0.2, -0.15) is 0 Å². The first kappa shape index (κ1) is 17.2. The molecule has 0 aromatic heterocycles. The van der Waals surface area contributed by atoms with Gasteiger partial charge in [-0.1, -0.05) is 18.2 Å². The zero-order chi connectivity index (χ0) is 17.9. The van der Waals surface area contributed by atoms with E-state index in [0.29, 0.717) is 25.1 Å². The first-order valence-corrected chi connectivity index (χ1v) is 8.48. The molecule has 3 rings (SSSR count).